The minimum atomic E-state index is -0.186. The SMILES string of the molecule is CCCNCc1cc(F)ccc1-c1ccc(Br)cc1. The van der Waals surface area contributed by atoms with Crippen LogP contribution in [-0.4, -0.2) is 6.54 Å². The normalized spacial score (nSPS) is 10.7. The Bertz CT molecular complexity index is 537. The minimum absolute atomic E-state index is 0.186. The van der Waals surface area contributed by atoms with E-state index in [9.17, 15) is 4.39 Å². The molecule has 0 saturated heterocycles. The summed E-state index contributed by atoms with van der Waals surface area (Å²) in [6.45, 7) is 3.75. The fourth-order valence-electron chi connectivity index (χ4n) is 2.02. The second kappa shape index (κ2) is 6.83. The van der Waals surface area contributed by atoms with Crippen LogP contribution in [0.5, 0.6) is 0 Å². The molecule has 0 fully saturated rings. The number of benzene rings is 2. The zero-order valence-corrected chi connectivity index (χ0v) is 12.5. The molecule has 2 aromatic carbocycles. The van der Waals surface area contributed by atoms with E-state index in [1.54, 1.807) is 6.07 Å². The molecule has 0 spiro atoms. The summed E-state index contributed by atoms with van der Waals surface area (Å²) in [4.78, 5) is 0. The average molecular weight is 322 g/mol. The molecule has 0 amide bonds. The first-order valence-corrected chi connectivity index (χ1v) is 7.25. The van der Waals surface area contributed by atoms with Crippen molar-refractivity contribution in [2.24, 2.45) is 0 Å². The molecule has 2 aromatic rings. The van der Waals surface area contributed by atoms with Crippen LogP contribution in [0, 0.1) is 5.82 Å². The molecule has 19 heavy (non-hydrogen) atoms. The van der Waals surface area contributed by atoms with Gasteiger partial charge < -0.3 is 5.32 Å². The summed E-state index contributed by atoms with van der Waals surface area (Å²) < 4.78 is 14.4. The molecule has 0 aliphatic carbocycles. The molecule has 2 rings (SSSR count). The Morgan fingerprint density at radius 2 is 1.84 bits per heavy atom. The van der Waals surface area contributed by atoms with E-state index in [-0.39, 0.29) is 5.82 Å². The number of nitrogens with one attached hydrogen (secondary N) is 1. The van der Waals surface area contributed by atoms with Crippen LogP contribution < -0.4 is 5.32 Å². The molecule has 1 nitrogen and oxygen atoms in total. The fraction of sp³-hybridized carbons (Fsp3) is 0.250. The molecule has 0 saturated carbocycles. The van der Waals surface area contributed by atoms with Gasteiger partial charge in [-0.3, -0.25) is 0 Å². The van der Waals surface area contributed by atoms with E-state index >= 15 is 0 Å². The topological polar surface area (TPSA) is 12.0 Å². The maximum atomic E-state index is 13.4. The highest BCUT2D eigenvalue weighted by molar-refractivity contribution is 9.10. The summed E-state index contributed by atoms with van der Waals surface area (Å²) in [5.74, 6) is -0.186. The number of hydrogen-bond donors (Lipinski definition) is 1. The Balaban J connectivity index is 2.30. The van der Waals surface area contributed by atoms with Gasteiger partial charge in [0, 0.05) is 11.0 Å². The zero-order valence-electron chi connectivity index (χ0n) is 10.9. The van der Waals surface area contributed by atoms with Crippen molar-refractivity contribution in [3.8, 4) is 11.1 Å². The van der Waals surface area contributed by atoms with Crippen molar-refractivity contribution in [3.63, 3.8) is 0 Å². The van der Waals surface area contributed by atoms with Gasteiger partial charge in [0.25, 0.3) is 0 Å². The van der Waals surface area contributed by atoms with Gasteiger partial charge in [0.15, 0.2) is 0 Å². The molecule has 0 atom stereocenters. The quantitative estimate of drug-likeness (QED) is 0.783. The first kappa shape index (κ1) is 14.2. The number of rotatable bonds is 5. The van der Waals surface area contributed by atoms with Crippen LogP contribution in [0.15, 0.2) is 46.9 Å². The minimum Gasteiger partial charge on any atom is -0.313 e. The molecule has 100 valence electrons. The summed E-state index contributed by atoms with van der Waals surface area (Å²) in [7, 11) is 0. The van der Waals surface area contributed by atoms with Crippen molar-refractivity contribution in [1.82, 2.24) is 5.32 Å². The van der Waals surface area contributed by atoms with Crippen molar-refractivity contribution in [2.45, 2.75) is 19.9 Å². The Kier molecular flexibility index (Phi) is 5.11. The second-order valence-electron chi connectivity index (χ2n) is 4.49. The van der Waals surface area contributed by atoms with Crippen molar-refractivity contribution >= 4 is 15.9 Å². The third-order valence-electron chi connectivity index (χ3n) is 2.96. The van der Waals surface area contributed by atoms with Gasteiger partial charge in [-0.05, 0) is 53.9 Å². The van der Waals surface area contributed by atoms with Gasteiger partial charge >= 0.3 is 0 Å². The van der Waals surface area contributed by atoms with Crippen LogP contribution in [0.2, 0.25) is 0 Å². The standard InChI is InChI=1S/C16H17BrFN/c1-2-9-19-11-13-10-15(18)7-8-16(13)12-3-5-14(17)6-4-12/h3-8,10,19H,2,9,11H2,1H3. The van der Waals surface area contributed by atoms with E-state index in [1.807, 2.05) is 30.3 Å². The molecule has 0 aliphatic heterocycles. The van der Waals surface area contributed by atoms with Gasteiger partial charge in [0.2, 0.25) is 0 Å². The summed E-state index contributed by atoms with van der Waals surface area (Å²) in [5, 5.41) is 3.32. The Morgan fingerprint density at radius 1 is 1.11 bits per heavy atom. The predicted octanol–water partition coefficient (Wildman–Crippen LogP) is 4.75. The molecule has 0 radical (unpaired) electrons. The van der Waals surface area contributed by atoms with E-state index in [0.717, 1.165) is 34.1 Å². The van der Waals surface area contributed by atoms with Gasteiger partial charge in [-0.2, -0.15) is 0 Å². The van der Waals surface area contributed by atoms with Crippen LogP contribution >= 0.6 is 15.9 Å². The van der Waals surface area contributed by atoms with Crippen LogP contribution in [-0.2, 0) is 6.54 Å². The van der Waals surface area contributed by atoms with Crippen LogP contribution in [0.3, 0.4) is 0 Å². The smallest absolute Gasteiger partial charge is 0.123 e. The van der Waals surface area contributed by atoms with Gasteiger partial charge in [-0.1, -0.05) is 41.1 Å². The highest BCUT2D eigenvalue weighted by Crippen LogP contribution is 2.26. The molecule has 0 unspecified atom stereocenters. The molecular formula is C16H17BrFN. The van der Waals surface area contributed by atoms with E-state index in [1.165, 1.54) is 6.07 Å². The summed E-state index contributed by atoms with van der Waals surface area (Å²) in [6.07, 6.45) is 1.07. The highest BCUT2D eigenvalue weighted by atomic mass is 79.9. The molecule has 0 aliphatic rings. The number of hydrogen-bond acceptors (Lipinski definition) is 1. The van der Waals surface area contributed by atoms with Gasteiger partial charge in [0.05, 0.1) is 0 Å². The molecule has 0 heterocycles. The molecular weight excluding hydrogens is 305 g/mol. The van der Waals surface area contributed by atoms with Crippen molar-refractivity contribution < 1.29 is 4.39 Å². The fourth-order valence-corrected chi connectivity index (χ4v) is 2.28. The monoisotopic (exact) mass is 321 g/mol. The van der Waals surface area contributed by atoms with E-state index in [4.69, 9.17) is 0 Å². The third-order valence-corrected chi connectivity index (χ3v) is 3.49. The summed E-state index contributed by atoms with van der Waals surface area (Å²) >= 11 is 3.43. The zero-order chi connectivity index (χ0) is 13.7. The average Bonchev–Trinajstić information content (AvgIpc) is 2.41. The molecule has 0 aromatic heterocycles. The summed E-state index contributed by atoms with van der Waals surface area (Å²) in [6, 6.07) is 13.1. The number of halogens is 2. The van der Waals surface area contributed by atoms with Crippen LogP contribution in [0.1, 0.15) is 18.9 Å². The molecule has 0 bridgehead atoms. The van der Waals surface area contributed by atoms with E-state index < -0.39 is 0 Å². The first-order chi connectivity index (χ1) is 9.20. The highest BCUT2D eigenvalue weighted by Gasteiger charge is 2.06. The lowest BCUT2D eigenvalue weighted by Gasteiger charge is -2.11. The van der Waals surface area contributed by atoms with Crippen LogP contribution in [0.25, 0.3) is 11.1 Å². The lowest BCUT2D eigenvalue weighted by Crippen LogP contribution is -2.14. The Morgan fingerprint density at radius 3 is 2.53 bits per heavy atom. The van der Waals surface area contributed by atoms with Gasteiger partial charge in [-0.25, -0.2) is 4.39 Å². The van der Waals surface area contributed by atoms with Crippen molar-refractivity contribution in [3.05, 3.63) is 58.3 Å². The molecule has 1 N–H and O–H groups in total. The third kappa shape index (κ3) is 3.88. The van der Waals surface area contributed by atoms with Crippen molar-refractivity contribution in [2.75, 3.05) is 6.54 Å². The Hall–Kier alpha value is -1.19. The van der Waals surface area contributed by atoms with E-state index in [2.05, 4.69) is 28.2 Å². The molecule has 3 heteroatoms. The lowest BCUT2D eigenvalue weighted by molar-refractivity contribution is 0.619. The maximum absolute atomic E-state index is 13.4. The Labute approximate surface area is 122 Å². The van der Waals surface area contributed by atoms with Crippen LogP contribution in [0.4, 0.5) is 4.39 Å². The summed E-state index contributed by atoms with van der Waals surface area (Å²) in [5.41, 5.74) is 3.18. The van der Waals surface area contributed by atoms with E-state index in [0.29, 0.717) is 6.54 Å². The first-order valence-electron chi connectivity index (χ1n) is 6.46. The van der Waals surface area contributed by atoms with Gasteiger partial charge in [0.1, 0.15) is 5.82 Å². The van der Waals surface area contributed by atoms with Gasteiger partial charge in [-0.15, -0.1) is 0 Å². The van der Waals surface area contributed by atoms with Crippen molar-refractivity contribution in [1.29, 1.82) is 0 Å². The maximum Gasteiger partial charge on any atom is 0.123 e. The lowest BCUT2D eigenvalue weighted by atomic mass is 9.99. The predicted molar refractivity (Wildman–Crippen MR) is 81.5 cm³/mol. The second-order valence-corrected chi connectivity index (χ2v) is 5.40. The largest absolute Gasteiger partial charge is 0.313 e.